The predicted molar refractivity (Wildman–Crippen MR) is 107 cm³/mol. The van der Waals surface area contributed by atoms with E-state index in [0.29, 0.717) is 24.6 Å². The van der Waals surface area contributed by atoms with Crippen LogP contribution in [0.3, 0.4) is 0 Å². The highest BCUT2D eigenvalue weighted by Crippen LogP contribution is 2.19. The van der Waals surface area contributed by atoms with E-state index in [1.54, 1.807) is 17.1 Å². The van der Waals surface area contributed by atoms with E-state index < -0.39 is 10.8 Å². The summed E-state index contributed by atoms with van der Waals surface area (Å²) in [6.07, 6.45) is 4.70. The van der Waals surface area contributed by atoms with Gasteiger partial charge in [-0.05, 0) is 18.2 Å². The molecule has 2 N–H and O–H groups in total. The highest BCUT2D eigenvalue weighted by atomic mass is 16.6. The summed E-state index contributed by atoms with van der Waals surface area (Å²) in [5.74, 6) is 1.01. The molecule has 0 aliphatic heterocycles. The third-order valence-electron chi connectivity index (χ3n) is 4.37. The quantitative estimate of drug-likeness (QED) is 0.335. The number of benzene rings is 1. The summed E-state index contributed by atoms with van der Waals surface area (Å²) >= 11 is 0. The zero-order chi connectivity index (χ0) is 20.9. The number of hydrogen-bond acceptors (Lipinski definition) is 8. The molecule has 3 heterocycles. The van der Waals surface area contributed by atoms with Gasteiger partial charge in [-0.2, -0.15) is 5.10 Å². The maximum atomic E-state index is 12.3. The first-order chi connectivity index (χ1) is 14.6. The Hall–Kier alpha value is -4.28. The number of carbonyl (C=O) groups is 1. The third kappa shape index (κ3) is 4.09. The van der Waals surface area contributed by atoms with Gasteiger partial charge >= 0.3 is 0 Å². The van der Waals surface area contributed by atoms with E-state index >= 15 is 0 Å². The lowest BCUT2D eigenvalue weighted by Crippen LogP contribution is -2.27. The number of fused-ring (bicyclic) bond motifs is 1. The van der Waals surface area contributed by atoms with E-state index in [1.165, 1.54) is 30.6 Å². The molecule has 3 aromatic heterocycles. The molecule has 0 saturated carbocycles. The number of carbonyl (C=O) groups excluding carboxylic acids is 1. The molecule has 0 atom stereocenters. The predicted octanol–water partition coefficient (Wildman–Crippen LogP) is 2.37. The first-order valence-corrected chi connectivity index (χ1v) is 9.07. The van der Waals surface area contributed by atoms with Crippen LogP contribution in [0.15, 0.2) is 59.6 Å². The van der Waals surface area contributed by atoms with Crippen molar-refractivity contribution in [1.29, 1.82) is 0 Å². The average Bonchev–Trinajstić information content (AvgIpc) is 3.42. The van der Waals surface area contributed by atoms with Crippen molar-refractivity contribution < 1.29 is 14.1 Å². The van der Waals surface area contributed by atoms with Crippen LogP contribution in [0, 0.1) is 10.1 Å². The Morgan fingerprint density at radius 2 is 2.13 bits per heavy atom. The first kappa shape index (κ1) is 19.1. The van der Waals surface area contributed by atoms with Crippen LogP contribution in [0.2, 0.25) is 0 Å². The molecule has 0 spiro atoms. The Labute approximate surface area is 169 Å². The normalized spacial score (nSPS) is 10.8. The zero-order valence-corrected chi connectivity index (χ0v) is 15.7. The van der Waals surface area contributed by atoms with Crippen molar-refractivity contribution in [3.63, 3.8) is 0 Å². The Morgan fingerprint density at radius 1 is 1.23 bits per heavy atom. The number of hydrogen-bond donors (Lipinski definition) is 2. The van der Waals surface area contributed by atoms with Gasteiger partial charge in [-0.15, -0.1) is 0 Å². The number of furan rings is 1. The average molecular weight is 407 g/mol. The van der Waals surface area contributed by atoms with E-state index in [2.05, 4.69) is 25.7 Å². The Kier molecular flexibility index (Phi) is 5.33. The van der Waals surface area contributed by atoms with Gasteiger partial charge in [-0.25, -0.2) is 14.6 Å². The van der Waals surface area contributed by atoms with Gasteiger partial charge in [0.2, 0.25) is 0 Å². The SMILES string of the molecule is O=C(NCCn1ncc2c(NCc3ccco3)ncnc21)c1cccc([N+](=O)[O-])c1. The fourth-order valence-electron chi connectivity index (χ4n) is 2.92. The lowest BCUT2D eigenvalue weighted by molar-refractivity contribution is -0.384. The van der Waals surface area contributed by atoms with Crippen LogP contribution in [-0.2, 0) is 13.1 Å². The number of nitro benzene ring substituents is 1. The van der Waals surface area contributed by atoms with Crippen molar-refractivity contribution in [1.82, 2.24) is 25.1 Å². The number of nitro groups is 1. The van der Waals surface area contributed by atoms with E-state index in [9.17, 15) is 14.9 Å². The Bertz CT molecular complexity index is 1190. The minimum atomic E-state index is -0.538. The van der Waals surface area contributed by atoms with Crippen molar-refractivity contribution in [3.8, 4) is 0 Å². The molecule has 11 nitrogen and oxygen atoms in total. The molecule has 1 amide bonds. The number of rotatable bonds is 8. The lowest BCUT2D eigenvalue weighted by atomic mass is 10.2. The molecule has 0 radical (unpaired) electrons. The Balaban J connectivity index is 1.39. The number of amides is 1. The fraction of sp³-hybridized carbons (Fsp3) is 0.158. The molecule has 0 bridgehead atoms. The third-order valence-corrected chi connectivity index (χ3v) is 4.37. The fourth-order valence-corrected chi connectivity index (χ4v) is 2.92. The van der Waals surface area contributed by atoms with Gasteiger partial charge in [0.1, 0.15) is 17.9 Å². The summed E-state index contributed by atoms with van der Waals surface area (Å²) in [6, 6.07) is 9.25. The van der Waals surface area contributed by atoms with Crippen molar-refractivity contribution in [2.45, 2.75) is 13.1 Å². The highest BCUT2D eigenvalue weighted by molar-refractivity contribution is 5.94. The van der Waals surface area contributed by atoms with Gasteiger partial charge in [0, 0.05) is 24.2 Å². The van der Waals surface area contributed by atoms with Crippen LogP contribution < -0.4 is 10.6 Å². The number of nitrogens with zero attached hydrogens (tertiary/aromatic N) is 5. The van der Waals surface area contributed by atoms with Gasteiger partial charge in [0.25, 0.3) is 11.6 Å². The monoisotopic (exact) mass is 407 g/mol. The summed E-state index contributed by atoms with van der Waals surface area (Å²) in [5, 5.41) is 21.8. The zero-order valence-electron chi connectivity index (χ0n) is 15.7. The first-order valence-electron chi connectivity index (χ1n) is 9.07. The maximum absolute atomic E-state index is 12.3. The van der Waals surface area contributed by atoms with E-state index in [1.807, 2.05) is 12.1 Å². The summed E-state index contributed by atoms with van der Waals surface area (Å²) in [6.45, 7) is 1.12. The van der Waals surface area contributed by atoms with Crippen molar-refractivity contribution >= 4 is 28.4 Å². The van der Waals surface area contributed by atoms with Crippen LogP contribution in [0.25, 0.3) is 11.0 Å². The van der Waals surface area contributed by atoms with Crippen LogP contribution in [-0.4, -0.2) is 37.1 Å². The van der Waals surface area contributed by atoms with Crippen molar-refractivity contribution in [3.05, 3.63) is 76.6 Å². The van der Waals surface area contributed by atoms with Gasteiger partial charge in [-0.3, -0.25) is 14.9 Å². The van der Waals surface area contributed by atoms with E-state index in [4.69, 9.17) is 4.42 Å². The molecular weight excluding hydrogens is 390 g/mol. The highest BCUT2D eigenvalue weighted by Gasteiger charge is 2.13. The minimum Gasteiger partial charge on any atom is -0.467 e. The molecule has 0 fully saturated rings. The topological polar surface area (TPSA) is 141 Å². The standard InChI is InChI=1S/C19H17N7O4/c27-19(13-3-1-4-14(9-13)26(28)29)20-6-7-25-18-16(11-24-25)17(22-12-23-18)21-10-15-5-2-8-30-15/h1-5,8-9,11-12H,6-7,10H2,(H,20,27)(H,21,22,23). The number of aromatic nitrogens is 4. The molecule has 30 heavy (non-hydrogen) atoms. The molecule has 0 unspecified atom stereocenters. The van der Waals surface area contributed by atoms with Crippen molar-refractivity contribution in [2.24, 2.45) is 0 Å². The van der Waals surface area contributed by atoms with Crippen LogP contribution in [0.1, 0.15) is 16.1 Å². The minimum absolute atomic E-state index is 0.132. The molecule has 11 heteroatoms. The number of nitrogens with one attached hydrogen (secondary N) is 2. The van der Waals surface area contributed by atoms with Gasteiger partial charge in [0.15, 0.2) is 5.65 Å². The van der Waals surface area contributed by atoms with Crippen molar-refractivity contribution in [2.75, 3.05) is 11.9 Å². The molecule has 4 rings (SSSR count). The second-order valence-corrected chi connectivity index (χ2v) is 6.32. The summed E-state index contributed by atoms with van der Waals surface area (Å²) in [5.41, 5.74) is 0.713. The summed E-state index contributed by atoms with van der Waals surface area (Å²) in [7, 11) is 0. The van der Waals surface area contributed by atoms with E-state index in [0.717, 1.165) is 11.1 Å². The molecule has 0 aliphatic carbocycles. The largest absolute Gasteiger partial charge is 0.467 e. The smallest absolute Gasteiger partial charge is 0.270 e. The molecular formula is C19H17N7O4. The molecule has 4 aromatic rings. The van der Waals surface area contributed by atoms with Gasteiger partial charge in [-0.1, -0.05) is 6.07 Å². The molecule has 1 aromatic carbocycles. The summed E-state index contributed by atoms with van der Waals surface area (Å²) < 4.78 is 6.96. The van der Waals surface area contributed by atoms with Crippen LogP contribution in [0.5, 0.6) is 0 Å². The number of anilines is 1. The molecule has 0 saturated heterocycles. The Morgan fingerprint density at radius 3 is 2.93 bits per heavy atom. The second kappa shape index (κ2) is 8.39. The van der Waals surface area contributed by atoms with Crippen LogP contribution in [0.4, 0.5) is 11.5 Å². The van der Waals surface area contributed by atoms with Gasteiger partial charge in [0.05, 0.1) is 35.9 Å². The number of non-ortho nitro benzene ring substituents is 1. The van der Waals surface area contributed by atoms with Crippen LogP contribution >= 0.6 is 0 Å². The molecule has 152 valence electrons. The van der Waals surface area contributed by atoms with Gasteiger partial charge < -0.3 is 15.1 Å². The van der Waals surface area contributed by atoms with E-state index in [-0.39, 0.29) is 17.8 Å². The summed E-state index contributed by atoms with van der Waals surface area (Å²) in [4.78, 5) is 31.1. The maximum Gasteiger partial charge on any atom is 0.270 e. The lowest BCUT2D eigenvalue weighted by Gasteiger charge is -2.07. The molecule has 0 aliphatic rings. The second-order valence-electron chi connectivity index (χ2n) is 6.32.